The van der Waals surface area contributed by atoms with Crippen LogP contribution in [0.25, 0.3) is 0 Å². The quantitative estimate of drug-likeness (QED) is 0.719. The van der Waals surface area contributed by atoms with E-state index in [-0.39, 0.29) is 5.91 Å². The second kappa shape index (κ2) is 7.21. The molecule has 0 spiro atoms. The largest absolute Gasteiger partial charge is 0.322 e. The van der Waals surface area contributed by atoms with Crippen molar-refractivity contribution in [2.24, 2.45) is 0 Å². The van der Waals surface area contributed by atoms with Crippen molar-refractivity contribution in [1.29, 1.82) is 0 Å². The Bertz CT molecular complexity index is 621. The smallest absolute Gasteiger partial charge is 0.255 e. The Hall–Kier alpha value is -1.16. The van der Waals surface area contributed by atoms with E-state index >= 15 is 0 Å². The number of amides is 1. The van der Waals surface area contributed by atoms with Gasteiger partial charge in [-0.1, -0.05) is 37.0 Å². The molecular weight excluding hydrogens is 325 g/mol. The van der Waals surface area contributed by atoms with Gasteiger partial charge in [0.25, 0.3) is 5.91 Å². The van der Waals surface area contributed by atoms with E-state index in [2.05, 4.69) is 19.2 Å². The van der Waals surface area contributed by atoms with Crippen molar-refractivity contribution in [2.45, 2.75) is 24.0 Å². The molecule has 0 bridgehead atoms. The van der Waals surface area contributed by atoms with Crippen LogP contribution < -0.4 is 5.32 Å². The standard InChI is InChI=1S/C16H15Cl2NOS/c1-10(2)21-15-5-3-11(4-6-15)16(20)19-14-8-12(17)7-13(18)9-14/h3-10H,1-2H3,(H,19,20). The van der Waals surface area contributed by atoms with E-state index in [4.69, 9.17) is 23.2 Å². The third kappa shape index (κ3) is 4.95. The lowest BCUT2D eigenvalue weighted by molar-refractivity contribution is 0.102. The highest BCUT2D eigenvalue weighted by Crippen LogP contribution is 2.24. The van der Waals surface area contributed by atoms with Crippen LogP contribution in [0.5, 0.6) is 0 Å². The maximum absolute atomic E-state index is 12.2. The van der Waals surface area contributed by atoms with Gasteiger partial charge in [0.15, 0.2) is 0 Å². The van der Waals surface area contributed by atoms with Gasteiger partial charge in [-0.05, 0) is 42.5 Å². The van der Waals surface area contributed by atoms with E-state index in [1.807, 2.05) is 24.3 Å². The molecule has 0 aliphatic rings. The zero-order chi connectivity index (χ0) is 15.4. The predicted octanol–water partition coefficient (Wildman–Crippen LogP) is 5.75. The van der Waals surface area contributed by atoms with Crippen LogP contribution in [-0.4, -0.2) is 11.2 Å². The third-order valence-electron chi connectivity index (χ3n) is 2.61. The first-order valence-electron chi connectivity index (χ1n) is 6.48. The van der Waals surface area contributed by atoms with E-state index in [0.717, 1.165) is 4.90 Å². The normalized spacial score (nSPS) is 10.7. The van der Waals surface area contributed by atoms with Crippen molar-refractivity contribution in [3.05, 3.63) is 58.1 Å². The van der Waals surface area contributed by atoms with Crippen molar-refractivity contribution in [1.82, 2.24) is 0 Å². The van der Waals surface area contributed by atoms with Gasteiger partial charge >= 0.3 is 0 Å². The molecule has 1 N–H and O–H groups in total. The number of rotatable bonds is 4. The fourth-order valence-corrected chi connectivity index (χ4v) is 3.15. The Morgan fingerprint density at radius 1 is 1.05 bits per heavy atom. The monoisotopic (exact) mass is 339 g/mol. The van der Waals surface area contributed by atoms with Gasteiger partial charge in [-0.2, -0.15) is 0 Å². The molecule has 2 aromatic carbocycles. The first-order valence-corrected chi connectivity index (χ1v) is 8.12. The first kappa shape index (κ1) is 16.2. The lowest BCUT2D eigenvalue weighted by atomic mass is 10.2. The lowest BCUT2D eigenvalue weighted by Crippen LogP contribution is -2.11. The minimum atomic E-state index is -0.186. The third-order valence-corrected chi connectivity index (χ3v) is 4.06. The summed E-state index contributed by atoms with van der Waals surface area (Å²) in [6, 6.07) is 12.5. The van der Waals surface area contributed by atoms with Crippen LogP contribution in [0, 0.1) is 0 Å². The maximum atomic E-state index is 12.2. The topological polar surface area (TPSA) is 29.1 Å². The van der Waals surface area contributed by atoms with Gasteiger partial charge in [-0.15, -0.1) is 11.8 Å². The molecule has 0 fully saturated rings. The highest BCUT2D eigenvalue weighted by atomic mass is 35.5. The average molecular weight is 340 g/mol. The van der Waals surface area contributed by atoms with Gasteiger partial charge < -0.3 is 5.32 Å². The number of halogens is 2. The second-order valence-electron chi connectivity index (χ2n) is 4.80. The van der Waals surface area contributed by atoms with Gasteiger partial charge in [-0.25, -0.2) is 0 Å². The molecule has 2 nitrogen and oxygen atoms in total. The Labute approximate surface area is 138 Å². The summed E-state index contributed by atoms with van der Waals surface area (Å²) in [7, 11) is 0. The SMILES string of the molecule is CC(C)Sc1ccc(C(=O)Nc2cc(Cl)cc(Cl)c2)cc1. The van der Waals surface area contributed by atoms with Crippen molar-refractivity contribution in [3.63, 3.8) is 0 Å². The Morgan fingerprint density at radius 2 is 1.62 bits per heavy atom. The molecule has 0 heterocycles. The molecular formula is C16H15Cl2NOS. The summed E-state index contributed by atoms with van der Waals surface area (Å²) < 4.78 is 0. The van der Waals surface area contributed by atoms with Crippen LogP contribution in [0.1, 0.15) is 24.2 Å². The molecule has 2 aromatic rings. The number of benzene rings is 2. The van der Waals surface area contributed by atoms with Gasteiger partial charge in [0, 0.05) is 31.4 Å². The van der Waals surface area contributed by atoms with Crippen LogP contribution in [0.15, 0.2) is 47.4 Å². The highest BCUT2D eigenvalue weighted by Gasteiger charge is 2.08. The Balaban J connectivity index is 2.09. The van der Waals surface area contributed by atoms with Gasteiger partial charge in [0.1, 0.15) is 0 Å². The van der Waals surface area contributed by atoms with Crippen molar-refractivity contribution >= 4 is 46.6 Å². The van der Waals surface area contributed by atoms with Gasteiger partial charge in [0.05, 0.1) is 0 Å². The summed E-state index contributed by atoms with van der Waals surface area (Å²) in [6.45, 7) is 4.27. The van der Waals surface area contributed by atoms with Gasteiger partial charge in [0.2, 0.25) is 0 Å². The predicted molar refractivity (Wildman–Crippen MR) is 91.9 cm³/mol. The molecule has 5 heteroatoms. The van der Waals surface area contributed by atoms with Crippen LogP contribution in [-0.2, 0) is 0 Å². The van der Waals surface area contributed by atoms with Crippen LogP contribution in [0.2, 0.25) is 10.0 Å². The minimum absolute atomic E-state index is 0.186. The van der Waals surface area contributed by atoms with E-state index in [0.29, 0.717) is 26.5 Å². The van der Waals surface area contributed by atoms with E-state index in [1.165, 1.54) is 0 Å². The summed E-state index contributed by atoms with van der Waals surface area (Å²) in [6.07, 6.45) is 0. The number of carbonyl (C=O) groups is 1. The lowest BCUT2D eigenvalue weighted by Gasteiger charge is -2.08. The number of thioether (sulfide) groups is 1. The second-order valence-corrected chi connectivity index (χ2v) is 7.33. The molecule has 0 aliphatic heterocycles. The summed E-state index contributed by atoms with van der Waals surface area (Å²) in [4.78, 5) is 13.3. The fraction of sp³-hybridized carbons (Fsp3) is 0.188. The first-order chi connectivity index (χ1) is 9.94. The number of nitrogens with one attached hydrogen (secondary N) is 1. The number of hydrogen-bond donors (Lipinski definition) is 1. The Kier molecular flexibility index (Phi) is 5.57. The van der Waals surface area contributed by atoms with Crippen LogP contribution in [0.4, 0.5) is 5.69 Å². The number of carbonyl (C=O) groups excluding carboxylic acids is 1. The minimum Gasteiger partial charge on any atom is -0.322 e. The highest BCUT2D eigenvalue weighted by molar-refractivity contribution is 7.99. The van der Waals surface area contributed by atoms with E-state index in [1.54, 1.807) is 30.0 Å². The number of hydrogen-bond acceptors (Lipinski definition) is 2. The maximum Gasteiger partial charge on any atom is 0.255 e. The zero-order valence-electron chi connectivity index (χ0n) is 11.7. The summed E-state index contributed by atoms with van der Waals surface area (Å²) >= 11 is 13.6. The summed E-state index contributed by atoms with van der Waals surface area (Å²) in [5.41, 5.74) is 1.18. The summed E-state index contributed by atoms with van der Waals surface area (Å²) in [5.74, 6) is -0.186. The van der Waals surface area contributed by atoms with Crippen molar-refractivity contribution in [3.8, 4) is 0 Å². The molecule has 2 rings (SSSR count). The molecule has 0 atom stereocenters. The van der Waals surface area contributed by atoms with Crippen LogP contribution >= 0.6 is 35.0 Å². The Morgan fingerprint density at radius 3 is 2.14 bits per heavy atom. The molecule has 0 unspecified atom stereocenters. The van der Waals surface area contributed by atoms with E-state index in [9.17, 15) is 4.79 Å². The van der Waals surface area contributed by atoms with Crippen molar-refractivity contribution < 1.29 is 4.79 Å². The summed E-state index contributed by atoms with van der Waals surface area (Å²) in [5, 5.41) is 4.27. The van der Waals surface area contributed by atoms with E-state index < -0.39 is 0 Å². The molecule has 21 heavy (non-hydrogen) atoms. The molecule has 0 saturated carbocycles. The zero-order valence-corrected chi connectivity index (χ0v) is 14.0. The van der Waals surface area contributed by atoms with Crippen LogP contribution in [0.3, 0.4) is 0 Å². The van der Waals surface area contributed by atoms with Gasteiger partial charge in [-0.3, -0.25) is 4.79 Å². The average Bonchev–Trinajstić information content (AvgIpc) is 2.37. The molecule has 0 saturated heterocycles. The molecule has 0 aromatic heterocycles. The molecule has 110 valence electrons. The fourth-order valence-electron chi connectivity index (χ4n) is 1.79. The molecule has 0 radical (unpaired) electrons. The molecule has 0 aliphatic carbocycles. The molecule has 1 amide bonds. The number of anilines is 1. The van der Waals surface area contributed by atoms with Crippen molar-refractivity contribution in [2.75, 3.05) is 5.32 Å².